The molecule has 0 aliphatic heterocycles. The summed E-state index contributed by atoms with van der Waals surface area (Å²) in [5.74, 6) is -1.09. The molecule has 0 saturated carbocycles. The van der Waals surface area contributed by atoms with Gasteiger partial charge in [-0.25, -0.2) is 19.9 Å². The largest absolute Gasteiger partial charge is 0.476 e. The number of nitrogens with zero attached hydrogens (tertiary/aromatic N) is 3. The molecule has 2 aromatic rings. The quantitative estimate of drug-likeness (QED) is 0.834. The van der Waals surface area contributed by atoms with Crippen LogP contribution < -0.4 is 10.3 Å². The Morgan fingerprint density at radius 1 is 1.42 bits per heavy atom. The zero-order chi connectivity index (χ0) is 14.0. The van der Waals surface area contributed by atoms with Crippen LogP contribution in [0, 0.1) is 13.8 Å². The van der Waals surface area contributed by atoms with Crippen molar-refractivity contribution in [3.05, 3.63) is 39.7 Å². The fourth-order valence-electron chi connectivity index (χ4n) is 1.34. The van der Waals surface area contributed by atoms with E-state index < -0.39 is 11.5 Å². The first kappa shape index (κ1) is 12.7. The van der Waals surface area contributed by atoms with Gasteiger partial charge in [-0.05, 0) is 13.8 Å². The second kappa shape index (κ2) is 4.84. The number of carbonyl (C=O) groups is 1. The first-order chi connectivity index (χ1) is 8.97. The van der Waals surface area contributed by atoms with E-state index in [1.54, 1.807) is 6.92 Å². The maximum absolute atomic E-state index is 11.5. The van der Waals surface area contributed by atoms with E-state index in [0.717, 1.165) is 6.20 Å². The molecule has 0 aliphatic carbocycles. The van der Waals surface area contributed by atoms with Gasteiger partial charge in [0.2, 0.25) is 5.88 Å². The van der Waals surface area contributed by atoms with E-state index in [1.165, 1.54) is 13.0 Å². The number of H-pyrrole nitrogens is 1. The number of carboxylic acid groups (broad SMARTS) is 1. The van der Waals surface area contributed by atoms with Crippen LogP contribution in [0.1, 0.15) is 21.9 Å². The summed E-state index contributed by atoms with van der Waals surface area (Å²) in [6.45, 7) is 3.23. The molecule has 0 aliphatic rings. The molecule has 0 bridgehead atoms. The van der Waals surface area contributed by atoms with Crippen LogP contribution in [0.15, 0.2) is 17.1 Å². The first-order valence-corrected chi connectivity index (χ1v) is 5.28. The fourth-order valence-corrected chi connectivity index (χ4v) is 1.34. The van der Waals surface area contributed by atoms with E-state index in [2.05, 4.69) is 20.2 Å². The highest BCUT2D eigenvalue weighted by Gasteiger charge is 2.12. The summed E-state index contributed by atoms with van der Waals surface area (Å²) in [4.78, 5) is 29.8. The van der Waals surface area contributed by atoms with Crippen molar-refractivity contribution in [2.45, 2.75) is 13.8 Å². The second-order valence-corrected chi connectivity index (χ2v) is 3.76. The third kappa shape index (κ3) is 2.73. The monoisotopic (exact) mass is 262 g/mol. The molecular weight excluding hydrogens is 252 g/mol. The van der Waals surface area contributed by atoms with E-state index in [4.69, 9.17) is 9.84 Å². The molecule has 2 heterocycles. The predicted octanol–water partition coefficient (Wildman–Crippen LogP) is 0.667. The number of hydrogen-bond donors (Lipinski definition) is 2. The number of aromatic carboxylic acids is 1. The van der Waals surface area contributed by atoms with Crippen LogP contribution in [0.25, 0.3) is 0 Å². The summed E-state index contributed by atoms with van der Waals surface area (Å²) in [7, 11) is 0. The van der Waals surface area contributed by atoms with Crippen molar-refractivity contribution < 1.29 is 14.6 Å². The van der Waals surface area contributed by atoms with Gasteiger partial charge in [0.15, 0.2) is 11.4 Å². The Hall–Kier alpha value is -2.77. The van der Waals surface area contributed by atoms with Gasteiger partial charge < -0.3 is 9.84 Å². The lowest BCUT2D eigenvalue weighted by molar-refractivity contribution is 0.0689. The maximum Gasteiger partial charge on any atom is 0.356 e. The molecule has 0 aromatic carbocycles. The highest BCUT2D eigenvalue weighted by molar-refractivity contribution is 5.84. The highest BCUT2D eigenvalue weighted by atomic mass is 16.5. The molecule has 2 N–H and O–H groups in total. The van der Waals surface area contributed by atoms with Gasteiger partial charge in [-0.3, -0.25) is 4.79 Å². The third-order valence-electron chi connectivity index (χ3n) is 2.23. The Kier molecular flexibility index (Phi) is 3.23. The van der Waals surface area contributed by atoms with Crippen molar-refractivity contribution >= 4 is 5.97 Å². The van der Waals surface area contributed by atoms with Crippen LogP contribution in [-0.2, 0) is 0 Å². The van der Waals surface area contributed by atoms with Crippen molar-refractivity contribution in [2.75, 3.05) is 0 Å². The van der Waals surface area contributed by atoms with Gasteiger partial charge in [-0.2, -0.15) is 5.10 Å². The third-order valence-corrected chi connectivity index (χ3v) is 2.23. The normalized spacial score (nSPS) is 10.2. The first-order valence-electron chi connectivity index (χ1n) is 5.28. The predicted molar refractivity (Wildman–Crippen MR) is 63.4 cm³/mol. The molecule has 0 fully saturated rings. The van der Waals surface area contributed by atoms with Gasteiger partial charge in [-0.15, -0.1) is 0 Å². The SMILES string of the molecule is Cc1cc(Oc2ncc(C(=O)O)nc2C)c(=O)[nH]n1. The number of aryl methyl sites for hydroxylation is 2. The minimum absolute atomic E-state index is 0.0213. The zero-order valence-corrected chi connectivity index (χ0v) is 10.2. The molecule has 0 radical (unpaired) electrons. The number of rotatable bonds is 3. The smallest absolute Gasteiger partial charge is 0.356 e. The van der Waals surface area contributed by atoms with Crippen molar-refractivity contribution in [3.8, 4) is 11.6 Å². The van der Waals surface area contributed by atoms with Gasteiger partial charge in [0.05, 0.1) is 11.9 Å². The van der Waals surface area contributed by atoms with E-state index in [0.29, 0.717) is 5.69 Å². The van der Waals surface area contributed by atoms with Crippen molar-refractivity contribution in [1.29, 1.82) is 0 Å². The maximum atomic E-state index is 11.5. The van der Waals surface area contributed by atoms with Gasteiger partial charge in [0, 0.05) is 6.07 Å². The topological polar surface area (TPSA) is 118 Å². The number of carboxylic acids is 1. The van der Waals surface area contributed by atoms with Crippen LogP contribution in [0.5, 0.6) is 11.6 Å². The molecule has 0 unspecified atom stereocenters. The number of hydrogen-bond acceptors (Lipinski definition) is 6. The van der Waals surface area contributed by atoms with E-state index in [9.17, 15) is 9.59 Å². The summed E-state index contributed by atoms with van der Waals surface area (Å²) in [5, 5.41) is 14.7. The summed E-state index contributed by atoms with van der Waals surface area (Å²) in [5.41, 5.74) is 0.148. The molecule has 98 valence electrons. The average molecular weight is 262 g/mol. The molecular formula is C11H10N4O4. The Labute approximate surface area is 107 Å². The zero-order valence-electron chi connectivity index (χ0n) is 10.2. The number of ether oxygens (including phenoxy) is 1. The average Bonchev–Trinajstić information content (AvgIpc) is 2.36. The van der Waals surface area contributed by atoms with Crippen molar-refractivity contribution in [2.24, 2.45) is 0 Å². The van der Waals surface area contributed by atoms with Crippen LogP contribution in [-0.4, -0.2) is 31.2 Å². The second-order valence-electron chi connectivity index (χ2n) is 3.76. The number of nitrogens with one attached hydrogen (secondary N) is 1. The highest BCUT2D eigenvalue weighted by Crippen LogP contribution is 2.18. The lowest BCUT2D eigenvalue weighted by Crippen LogP contribution is -2.12. The van der Waals surface area contributed by atoms with Gasteiger partial charge in [0.25, 0.3) is 0 Å². The van der Waals surface area contributed by atoms with Crippen LogP contribution in [0.3, 0.4) is 0 Å². The standard InChI is InChI=1S/C11H10N4O4/c1-5-3-8(9(16)15-14-5)19-10-6(2)13-7(4-12-10)11(17)18/h3-4H,1-2H3,(H,15,16)(H,17,18). The van der Waals surface area contributed by atoms with Crippen LogP contribution in [0.2, 0.25) is 0 Å². The van der Waals surface area contributed by atoms with E-state index in [-0.39, 0.29) is 23.0 Å². The molecule has 2 aromatic heterocycles. The Bertz CT molecular complexity index is 695. The number of aromatic amines is 1. The molecule has 19 heavy (non-hydrogen) atoms. The Balaban J connectivity index is 2.36. The molecule has 0 saturated heterocycles. The van der Waals surface area contributed by atoms with Crippen molar-refractivity contribution in [3.63, 3.8) is 0 Å². The molecule has 0 atom stereocenters. The van der Waals surface area contributed by atoms with Gasteiger partial charge in [-0.1, -0.05) is 0 Å². The Morgan fingerprint density at radius 2 is 2.16 bits per heavy atom. The molecule has 0 amide bonds. The molecule has 8 heteroatoms. The summed E-state index contributed by atoms with van der Waals surface area (Å²) in [6.07, 6.45) is 1.06. The minimum Gasteiger partial charge on any atom is -0.476 e. The van der Waals surface area contributed by atoms with Crippen LogP contribution in [0.4, 0.5) is 0 Å². The molecule has 2 rings (SSSR count). The van der Waals surface area contributed by atoms with Gasteiger partial charge in [0.1, 0.15) is 5.69 Å². The fraction of sp³-hybridized carbons (Fsp3) is 0.182. The Morgan fingerprint density at radius 3 is 2.79 bits per heavy atom. The van der Waals surface area contributed by atoms with Crippen LogP contribution >= 0.6 is 0 Å². The van der Waals surface area contributed by atoms with Crippen molar-refractivity contribution in [1.82, 2.24) is 20.2 Å². The lowest BCUT2D eigenvalue weighted by Gasteiger charge is -2.06. The van der Waals surface area contributed by atoms with E-state index in [1.807, 2.05) is 0 Å². The molecule has 0 spiro atoms. The summed E-state index contributed by atoms with van der Waals surface area (Å²) in [6, 6.07) is 1.45. The lowest BCUT2D eigenvalue weighted by atomic mass is 10.4. The molecule has 8 nitrogen and oxygen atoms in total. The minimum atomic E-state index is -1.18. The van der Waals surface area contributed by atoms with E-state index >= 15 is 0 Å². The van der Waals surface area contributed by atoms with Gasteiger partial charge >= 0.3 is 11.5 Å². The summed E-state index contributed by atoms with van der Waals surface area (Å²) >= 11 is 0. The summed E-state index contributed by atoms with van der Waals surface area (Å²) < 4.78 is 5.31. The number of aromatic nitrogens is 4.